The molecule has 0 saturated heterocycles. The highest BCUT2D eigenvalue weighted by molar-refractivity contribution is 5.87. The molecule has 0 fully saturated rings. The van der Waals surface area contributed by atoms with Crippen LogP contribution in [-0.2, 0) is 5.41 Å². The van der Waals surface area contributed by atoms with E-state index >= 15 is 0 Å². The van der Waals surface area contributed by atoms with E-state index in [1.54, 1.807) is 0 Å². The predicted molar refractivity (Wildman–Crippen MR) is 101 cm³/mol. The molecular formula is C23H26. The van der Waals surface area contributed by atoms with Crippen molar-refractivity contribution in [1.29, 1.82) is 0 Å². The Balaban J connectivity index is 2.40. The Kier molecular flexibility index (Phi) is 3.80. The quantitative estimate of drug-likeness (QED) is 0.574. The van der Waals surface area contributed by atoms with Crippen molar-refractivity contribution in [1.82, 2.24) is 0 Å². The highest BCUT2D eigenvalue weighted by Gasteiger charge is 2.34. The lowest BCUT2D eigenvalue weighted by Gasteiger charge is -2.38. The minimum Gasteiger partial charge on any atom is -0.0723 e. The van der Waals surface area contributed by atoms with Crippen molar-refractivity contribution in [2.75, 3.05) is 0 Å². The topological polar surface area (TPSA) is 0 Å². The third-order valence-electron chi connectivity index (χ3n) is 5.24. The molecule has 0 N–H and O–H groups in total. The van der Waals surface area contributed by atoms with E-state index in [9.17, 15) is 0 Å². The van der Waals surface area contributed by atoms with Gasteiger partial charge in [0.1, 0.15) is 0 Å². The lowest BCUT2D eigenvalue weighted by Crippen LogP contribution is -2.27. The first-order valence-electron chi connectivity index (χ1n) is 8.40. The summed E-state index contributed by atoms with van der Waals surface area (Å²) in [6.07, 6.45) is 2.40. The second kappa shape index (κ2) is 5.53. The van der Waals surface area contributed by atoms with Gasteiger partial charge in [0.15, 0.2) is 0 Å². The minimum absolute atomic E-state index is 0.0442. The number of allylic oxidation sites excluding steroid dienone is 3. The van der Waals surface area contributed by atoms with Crippen molar-refractivity contribution >= 4 is 5.57 Å². The molecular weight excluding hydrogens is 276 g/mol. The SMILES string of the molecule is CC(C)=C1C=C(c2ccccc2)c2ccc(C)c(C)c2C1(C)C. The van der Waals surface area contributed by atoms with Crippen LogP contribution in [0.25, 0.3) is 5.57 Å². The zero-order valence-corrected chi connectivity index (χ0v) is 15.1. The van der Waals surface area contributed by atoms with E-state index < -0.39 is 0 Å². The summed E-state index contributed by atoms with van der Waals surface area (Å²) in [4.78, 5) is 0. The molecule has 23 heavy (non-hydrogen) atoms. The molecule has 0 heteroatoms. The third kappa shape index (κ3) is 2.47. The molecule has 0 unspecified atom stereocenters. The van der Waals surface area contributed by atoms with Gasteiger partial charge >= 0.3 is 0 Å². The first-order chi connectivity index (χ1) is 10.8. The van der Waals surface area contributed by atoms with Gasteiger partial charge in [0.05, 0.1) is 0 Å². The number of fused-ring (bicyclic) bond motifs is 1. The van der Waals surface area contributed by atoms with Gasteiger partial charge in [0.2, 0.25) is 0 Å². The molecule has 0 amide bonds. The zero-order valence-electron chi connectivity index (χ0n) is 15.1. The maximum Gasteiger partial charge on any atom is 0.0155 e. The van der Waals surface area contributed by atoms with Crippen LogP contribution in [0.3, 0.4) is 0 Å². The zero-order chi connectivity index (χ0) is 16.8. The van der Waals surface area contributed by atoms with E-state index in [1.807, 2.05) is 0 Å². The van der Waals surface area contributed by atoms with Gasteiger partial charge in [0, 0.05) is 5.41 Å². The largest absolute Gasteiger partial charge is 0.0723 e. The Morgan fingerprint density at radius 2 is 1.52 bits per heavy atom. The molecule has 1 aliphatic rings. The molecule has 2 aromatic carbocycles. The fourth-order valence-electron chi connectivity index (χ4n) is 4.01. The van der Waals surface area contributed by atoms with Crippen LogP contribution in [0.2, 0.25) is 0 Å². The molecule has 0 heterocycles. The van der Waals surface area contributed by atoms with Crippen LogP contribution in [0.1, 0.15) is 55.5 Å². The molecule has 0 nitrogen and oxygen atoms in total. The van der Waals surface area contributed by atoms with Crippen LogP contribution in [-0.4, -0.2) is 0 Å². The van der Waals surface area contributed by atoms with E-state index in [-0.39, 0.29) is 5.41 Å². The Bertz CT molecular complexity index is 811. The van der Waals surface area contributed by atoms with E-state index in [4.69, 9.17) is 0 Å². The normalized spacial score (nSPS) is 15.9. The van der Waals surface area contributed by atoms with Crippen molar-refractivity contribution in [2.24, 2.45) is 0 Å². The van der Waals surface area contributed by atoms with E-state index in [0.29, 0.717) is 0 Å². The van der Waals surface area contributed by atoms with Crippen molar-refractivity contribution in [2.45, 2.75) is 47.0 Å². The third-order valence-corrected chi connectivity index (χ3v) is 5.24. The lowest BCUT2D eigenvalue weighted by atomic mass is 9.66. The number of hydrogen-bond acceptors (Lipinski definition) is 0. The Morgan fingerprint density at radius 1 is 0.870 bits per heavy atom. The van der Waals surface area contributed by atoms with Crippen molar-refractivity contribution in [3.63, 3.8) is 0 Å². The standard InChI is InChI=1S/C23H26/c1-15(2)21-14-20(18-10-8-7-9-11-18)19-13-12-16(3)17(4)22(19)23(21,5)6/h7-14H,1-6H3. The second-order valence-corrected chi connectivity index (χ2v) is 7.39. The monoisotopic (exact) mass is 302 g/mol. The maximum atomic E-state index is 2.40. The predicted octanol–water partition coefficient (Wildman–Crippen LogP) is 6.36. The van der Waals surface area contributed by atoms with Crippen LogP contribution >= 0.6 is 0 Å². The summed E-state index contributed by atoms with van der Waals surface area (Å²) in [6, 6.07) is 15.3. The highest BCUT2D eigenvalue weighted by atomic mass is 14.4. The summed E-state index contributed by atoms with van der Waals surface area (Å²) in [5.41, 5.74) is 11.2. The molecule has 0 saturated carbocycles. The average molecular weight is 302 g/mol. The molecule has 0 aromatic heterocycles. The van der Waals surface area contributed by atoms with Gasteiger partial charge in [-0.3, -0.25) is 0 Å². The van der Waals surface area contributed by atoms with Crippen LogP contribution in [0.15, 0.2) is 59.7 Å². The molecule has 118 valence electrons. The van der Waals surface area contributed by atoms with Crippen LogP contribution in [0.5, 0.6) is 0 Å². The van der Waals surface area contributed by atoms with Gasteiger partial charge in [0.25, 0.3) is 0 Å². The van der Waals surface area contributed by atoms with Crippen LogP contribution in [0, 0.1) is 13.8 Å². The van der Waals surface area contributed by atoms with Gasteiger partial charge in [-0.05, 0) is 72.7 Å². The Morgan fingerprint density at radius 3 is 2.13 bits per heavy atom. The molecule has 1 aliphatic carbocycles. The molecule has 0 radical (unpaired) electrons. The molecule has 0 bridgehead atoms. The number of hydrogen-bond donors (Lipinski definition) is 0. The van der Waals surface area contributed by atoms with E-state index in [2.05, 4.69) is 90.1 Å². The minimum atomic E-state index is 0.0442. The molecule has 3 rings (SSSR count). The fraction of sp³-hybridized carbons (Fsp3) is 0.304. The first-order valence-corrected chi connectivity index (χ1v) is 8.40. The molecule has 2 aromatic rings. The molecule has 0 spiro atoms. The summed E-state index contributed by atoms with van der Waals surface area (Å²) in [5.74, 6) is 0. The van der Waals surface area contributed by atoms with E-state index in [0.717, 1.165) is 0 Å². The maximum absolute atomic E-state index is 2.40. The van der Waals surface area contributed by atoms with Gasteiger partial charge in [-0.2, -0.15) is 0 Å². The number of benzene rings is 2. The number of rotatable bonds is 1. The summed E-state index contributed by atoms with van der Waals surface area (Å²) < 4.78 is 0. The summed E-state index contributed by atoms with van der Waals surface area (Å²) in [5, 5.41) is 0. The lowest BCUT2D eigenvalue weighted by molar-refractivity contribution is 0.620. The van der Waals surface area contributed by atoms with Gasteiger partial charge in [-0.15, -0.1) is 0 Å². The van der Waals surface area contributed by atoms with Crippen LogP contribution in [0.4, 0.5) is 0 Å². The smallest absolute Gasteiger partial charge is 0.0155 e. The molecule has 0 atom stereocenters. The Labute approximate surface area is 140 Å². The highest BCUT2D eigenvalue weighted by Crippen LogP contribution is 2.47. The van der Waals surface area contributed by atoms with Crippen LogP contribution < -0.4 is 0 Å². The first kappa shape index (κ1) is 15.8. The van der Waals surface area contributed by atoms with E-state index in [1.165, 1.54) is 44.5 Å². The summed E-state index contributed by atoms with van der Waals surface area (Å²) >= 11 is 0. The molecule has 0 aliphatic heterocycles. The van der Waals surface area contributed by atoms with Gasteiger partial charge in [-0.1, -0.05) is 61.9 Å². The van der Waals surface area contributed by atoms with Crippen molar-refractivity contribution < 1.29 is 0 Å². The summed E-state index contributed by atoms with van der Waals surface area (Å²) in [7, 11) is 0. The number of aryl methyl sites for hydroxylation is 1. The van der Waals surface area contributed by atoms with Crippen molar-refractivity contribution in [3.8, 4) is 0 Å². The van der Waals surface area contributed by atoms with Gasteiger partial charge < -0.3 is 0 Å². The van der Waals surface area contributed by atoms with Gasteiger partial charge in [-0.25, -0.2) is 0 Å². The fourth-order valence-corrected chi connectivity index (χ4v) is 4.01. The summed E-state index contributed by atoms with van der Waals surface area (Å²) in [6.45, 7) is 13.7. The van der Waals surface area contributed by atoms with Crippen molar-refractivity contribution in [3.05, 3.63) is 87.5 Å². The second-order valence-electron chi connectivity index (χ2n) is 7.39. The Hall–Kier alpha value is -2.08. The average Bonchev–Trinajstić information content (AvgIpc) is 2.50.